The average Bonchev–Trinajstić information content (AvgIpc) is 2.73. The molecule has 10 heteroatoms. The van der Waals surface area contributed by atoms with Crippen LogP contribution in [-0.4, -0.2) is 73.8 Å². The third kappa shape index (κ3) is 2.94. The molecule has 5 N–H and O–H groups in total. The number of hydrogen-bond acceptors (Lipinski definition) is 9. The number of hydrogen-bond donors (Lipinski definition) is 5. The van der Waals surface area contributed by atoms with Gasteiger partial charge in [-0.3, -0.25) is 9.59 Å². The molecule has 2 aromatic rings. The van der Waals surface area contributed by atoms with Crippen molar-refractivity contribution in [1.29, 1.82) is 0 Å². The number of carbonyl (C=O) groups is 3. The Hall–Kier alpha value is -3.31. The smallest absolute Gasteiger partial charge is 0.335 e. The minimum atomic E-state index is -1.94. The van der Waals surface area contributed by atoms with Crippen molar-refractivity contribution in [3.63, 3.8) is 0 Å². The Kier molecular flexibility index (Phi) is 4.79. The summed E-state index contributed by atoms with van der Waals surface area (Å²) >= 11 is 0. The van der Waals surface area contributed by atoms with E-state index < -0.39 is 59.7 Å². The van der Waals surface area contributed by atoms with Crippen LogP contribution in [0, 0.1) is 0 Å². The van der Waals surface area contributed by atoms with Crippen LogP contribution in [0.25, 0.3) is 0 Å². The van der Waals surface area contributed by atoms with E-state index in [4.69, 9.17) is 14.6 Å². The van der Waals surface area contributed by atoms with E-state index in [1.54, 1.807) is 12.1 Å². The number of carboxylic acid groups (broad SMARTS) is 1. The normalized spacial score (nSPS) is 27.9. The molecule has 2 aliphatic rings. The highest BCUT2D eigenvalue weighted by Crippen LogP contribution is 2.40. The van der Waals surface area contributed by atoms with Gasteiger partial charge in [0.25, 0.3) is 0 Å². The van der Waals surface area contributed by atoms with Crippen LogP contribution in [0.1, 0.15) is 31.8 Å². The van der Waals surface area contributed by atoms with Gasteiger partial charge in [0.2, 0.25) is 6.29 Å². The maximum Gasteiger partial charge on any atom is 0.335 e. The van der Waals surface area contributed by atoms with Crippen LogP contribution in [0.2, 0.25) is 0 Å². The van der Waals surface area contributed by atoms with E-state index in [2.05, 4.69) is 0 Å². The molecule has 1 aliphatic heterocycles. The zero-order chi connectivity index (χ0) is 21.7. The molecule has 1 aliphatic carbocycles. The zero-order valence-corrected chi connectivity index (χ0v) is 15.1. The first-order chi connectivity index (χ1) is 14.2. The highest BCUT2D eigenvalue weighted by atomic mass is 16.7. The fraction of sp³-hybridized carbons (Fsp3) is 0.250. The molecular weight excluding hydrogens is 400 g/mol. The number of carboxylic acids is 1. The van der Waals surface area contributed by atoms with Crippen molar-refractivity contribution in [3.8, 4) is 11.5 Å². The molecular formula is C20H16O10. The van der Waals surface area contributed by atoms with Crippen molar-refractivity contribution in [3.05, 3.63) is 58.7 Å². The van der Waals surface area contributed by atoms with E-state index in [0.717, 1.165) is 6.07 Å². The van der Waals surface area contributed by atoms with E-state index in [1.165, 1.54) is 18.2 Å². The van der Waals surface area contributed by atoms with Crippen LogP contribution >= 0.6 is 0 Å². The Labute approximate surface area is 168 Å². The van der Waals surface area contributed by atoms with E-state index in [0.29, 0.717) is 0 Å². The van der Waals surface area contributed by atoms with Crippen molar-refractivity contribution in [2.75, 3.05) is 0 Å². The number of rotatable bonds is 3. The SMILES string of the molecule is O=C1c2ccccc2C(=O)c2c1ccc(O)c2OC1O[C@H](C(=O)O)[C@@H](O)[C@H](O)[C@H]1O. The fourth-order valence-corrected chi connectivity index (χ4v) is 3.53. The van der Waals surface area contributed by atoms with Gasteiger partial charge in [0.1, 0.15) is 18.3 Å². The number of aromatic hydroxyl groups is 1. The molecule has 1 unspecified atom stereocenters. The molecule has 1 fully saturated rings. The largest absolute Gasteiger partial charge is 0.504 e. The number of ketones is 2. The number of aliphatic hydroxyl groups is 3. The molecule has 0 saturated carbocycles. The molecule has 0 radical (unpaired) electrons. The minimum absolute atomic E-state index is 0.0628. The fourth-order valence-electron chi connectivity index (χ4n) is 3.53. The van der Waals surface area contributed by atoms with Gasteiger partial charge in [-0.05, 0) is 12.1 Å². The molecule has 156 valence electrons. The van der Waals surface area contributed by atoms with Crippen LogP contribution in [0.4, 0.5) is 0 Å². The third-order valence-corrected chi connectivity index (χ3v) is 5.07. The summed E-state index contributed by atoms with van der Waals surface area (Å²) in [4.78, 5) is 37.1. The maximum absolute atomic E-state index is 13.0. The second kappa shape index (κ2) is 7.18. The highest BCUT2D eigenvalue weighted by molar-refractivity contribution is 6.29. The number of benzene rings is 2. The number of aliphatic hydroxyl groups excluding tert-OH is 3. The predicted molar refractivity (Wildman–Crippen MR) is 96.4 cm³/mol. The number of phenolic OH excluding ortho intramolecular Hbond substituents is 1. The lowest BCUT2D eigenvalue weighted by atomic mass is 9.83. The van der Waals surface area contributed by atoms with E-state index in [1.807, 2.05) is 0 Å². The first-order valence-corrected chi connectivity index (χ1v) is 8.86. The van der Waals surface area contributed by atoms with Gasteiger partial charge in [-0.1, -0.05) is 24.3 Å². The Morgan fingerprint density at radius 2 is 1.50 bits per heavy atom. The Bertz CT molecular complexity index is 1060. The summed E-state index contributed by atoms with van der Waals surface area (Å²) < 4.78 is 10.4. The monoisotopic (exact) mass is 416 g/mol. The Morgan fingerprint density at radius 3 is 2.13 bits per heavy atom. The third-order valence-electron chi connectivity index (χ3n) is 5.07. The molecule has 5 atom stereocenters. The summed E-state index contributed by atoms with van der Waals surface area (Å²) in [6, 6.07) is 8.40. The number of fused-ring (bicyclic) bond motifs is 2. The standard InChI is InChI=1S/C20H16O10/c21-10-6-5-9-11(13(23)8-4-2-1-3-7(8)12(9)22)17(10)29-20-16(26)14(24)15(25)18(30-20)19(27)28/h1-6,14-16,18,20-21,24-26H,(H,27,28)/t14-,15-,16+,18-,20?/m0/s1. The number of ether oxygens (including phenoxy) is 2. The van der Waals surface area contributed by atoms with E-state index in [9.17, 15) is 34.8 Å². The number of phenols is 1. The highest BCUT2D eigenvalue weighted by Gasteiger charge is 2.49. The first-order valence-electron chi connectivity index (χ1n) is 8.86. The minimum Gasteiger partial charge on any atom is -0.504 e. The van der Waals surface area contributed by atoms with Crippen molar-refractivity contribution < 1.29 is 49.4 Å². The van der Waals surface area contributed by atoms with Gasteiger partial charge in [0.15, 0.2) is 29.2 Å². The summed E-state index contributed by atoms with van der Waals surface area (Å²) in [6.07, 6.45) is -9.59. The molecule has 10 nitrogen and oxygen atoms in total. The molecule has 0 bridgehead atoms. The van der Waals surface area contributed by atoms with Gasteiger partial charge in [-0.25, -0.2) is 4.79 Å². The number of carbonyl (C=O) groups excluding carboxylic acids is 2. The quantitative estimate of drug-likeness (QED) is 0.373. The van der Waals surface area contributed by atoms with Crippen LogP contribution in [0.15, 0.2) is 36.4 Å². The molecule has 2 aromatic carbocycles. The topological polar surface area (TPSA) is 171 Å². The van der Waals surface area contributed by atoms with Gasteiger partial charge in [-0.2, -0.15) is 0 Å². The number of aliphatic carboxylic acids is 1. The van der Waals surface area contributed by atoms with Gasteiger partial charge in [0, 0.05) is 16.7 Å². The maximum atomic E-state index is 13.0. The molecule has 1 saturated heterocycles. The Balaban J connectivity index is 1.77. The molecule has 1 heterocycles. The second-order valence-electron chi connectivity index (χ2n) is 6.89. The molecule has 0 spiro atoms. The van der Waals surface area contributed by atoms with E-state index in [-0.39, 0.29) is 22.3 Å². The zero-order valence-electron chi connectivity index (χ0n) is 15.1. The summed E-state index contributed by atoms with van der Waals surface area (Å²) in [5, 5.41) is 49.3. The molecule has 0 aromatic heterocycles. The molecule has 4 rings (SSSR count). The van der Waals surface area contributed by atoms with Crippen molar-refractivity contribution in [2.45, 2.75) is 30.7 Å². The van der Waals surface area contributed by atoms with Crippen molar-refractivity contribution in [2.24, 2.45) is 0 Å². The van der Waals surface area contributed by atoms with Crippen molar-refractivity contribution >= 4 is 17.5 Å². The second-order valence-corrected chi connectivity index (χ2v) is 6.89. The lowest BCUT2D eigenvalue weighted by Crippen LogP contribution is -2.61. The van der Waals surface area contributed by atoms with Crippen molar-refractivity contribution in [1.82, 2.24) is 0 Å². The van der Waals surface area contributed by atoms with Crippen LogP contribution in [0.3, 0.4) is 0 Å². The van der Waals surface area contributed by atoms with Gasteiger partial charge < -0.3 is 35.0 Å². The van der Waals surface area contributed by atoms with Crippen LogP contribution in [0.5, 0.6) is 11.5 Å². The van der Waals surface area contributed by atoms with Gasteiger partial charge >= 0.3 is 5.97 Å². The first kappa shape index (κ1) is 20.0. The van der Waals surface area contributed by atoms with Gasteiger partial charge in [-0.15, -0.1) is 0 Å². The summed E-state index contributed by atoms with van der Waals surface area (Å²) in [7, 11) is 0. The summed E-state index contributed by atoms with van der Waals surface area (Å²) in [5.41, 5.74) is -0.103. The lowest BCUT2D eigenvalue weighted by molar-refractivity contribution is -0.271. The van der Waals surface area contributed by atoms with Crippen LogP contribution < -0.4 is 4.74 Å². The Morgan fingerprint density at radius 1 is 0.867 bits per heavy atom. The summed E-state index contributed by atoms with van der Waals surface area (Å²) in [5.74, 6) is -3.84. The lowest BCUT2D eigenvalue weighted by Gasteiger charge is -2.38. The van der Waals surface area contributed by atoms with E-state index >= 15 is 0 Å². The summed E-state index contributed by atoms with van der Waals surface area (Å²) in [6.45, 7) is 0. The van der Waals surface area contributed by atoms with Gasteiger partial charge in [0.05, 0.1) is 5.56 Å². The molecule has 30 heavy (non-hydrogen) atoms. The molecule has 0 amide bonds. The predicted octanol–water partition coefficient (Wildman–Crippen LogP) is -0.561. The van der Waals surface area contributed by atoms with Crippen LogP contribution in [-0.2, 0) is 9.53 Å². The average molecular weight is 416 g/mol.